The summed E-state index contributed by atoms with van der Waals surface area (Å²) in [5, 5.41) is 4.64. The third-order valence-corrected chi connectivity index (χ3v) is 6.74. The van der Waals surface area contributed by atoms with E-state index in [-0.39, 0.29) is 0 Å². The van der Waals surface area contributed by atoms with Crippen molar-refractivity contribution in [1.29, 1.82) is 0 Å². The van der Waals surface area contributed by atoms with Gasteiger partial charge in [-0.1, -0.05) is 41.8 Å². The van der Waals surface area contributed by atoms with Crippen LogP contribution in [-0.2, 0) is 0 Å². The van der Waals surface area contributed by atoms with E-state index >= 15 is 0 Å². The van der Waals surface area contributed by atoms with E-state index in [2.05, 4.69) is 39.4 Å². The fourth-order valence-electron chi connectivity index (χ4n) is 4.45. The molecule has 0 aliphatic carbocycles. The Balaban J connectivity index is 0.000000169. The van der Waals surface area contributed by atoms with Crippen LogP contribution in [0.3, 0.4) is 0 Å². The number of hydrogen-bond acceptors (Lipinski definition) is 3. The van der Waals surface area contributed by atoms with E-state index < -0.39 is 0 Å². The molecule has 176 valence electrons. The van der Waals surface area contributed by atoms with Gasteiger partial charge in [-0.3, -0.25) is 0 Å². The molecule has 0 spiro atoms. The van der Waals surface area contributed by atoms with Crippen molar-refractivity contribution < 1.29 is 0 Å². The van der Waals surface area contributed by atoms with Crippen LogP contribution >= 0.6 is 23.2 Å². The first-order valence-corrected chi connectivity index (χ1v) is 13.2. The molecule has 3 nitrogen and oxygen atoms in total. The van der Waals surface area contributed by atoms with Gasteiger partial charge in [0.2, 0.25) is 0 Å². The Morgan fingerprint density at radius 2 is 0.969 bits per heavy atom. The number of piperidine rings is 3. The minimum Gasteiger partial charge on any atom is -0.371 e. The maximum atomic E-state index is 5.56. The molecule has 3 heterocycles. The van der Waals surface area contributed by atoms with Gasteiger partial charge in [0.15, 0.2) is 0 Å². The van der Waals surface area contributed by atoms with Crippen molar-refractivity contribution in [2.45, 2.75) is 57.8 Å². The van der Waals surface area contributed by atoms with Crippen LogP contribution < -0.4 is 15.1 Å². The van der Waals surface area contributed by atoms with Crippen molar-refractivity contribution in [3.63, 3.8) is 0 Å². The van der Waals surface area contributed by atoms with Crippen LogP contribution in [0, 0.1) is 0 Å². The SMILES string of the molecule is C1CCNCC1.Clc1cccc(Cl)c1.c1cc(N2CCCCC2)cc(N2CCCCC2)c1. The second-order valence-electron chi connectivity index (χ2n) is 8.87. The Morgan fingerprint density at radius 3 is 1.31 bits per heavy atom. The van der Waals surface area contributed by atoms with E-state index in [0.717, 1.165) is 0 Å². The Bertz CT molecular complexity index is 705. The molecular weight excluding hydrogens is 437 g/mol. The molecule has 3 fully saturated rings. The number of hydrogen-bond donors (Lipinski definition) is 1. The van der Waals surface area contributed by atoms with Gasteiger partial charge in [-0.05, 0) is 101 Å². The van der Waals surface area contributed by atoms with Crippen LogP contribution in [-0.4, -0.2) is 39.3 Å². The molecule has 5 rings (SSSR count). The summed E-state index contributed by atoms with van der Waals surface area (Å²) in [5.41, 5.74) is 2.86. The number of halogens is 2. The van der Waals surface area contributed by atoms with Crippen molar-refractivity contribution in [2.75, 3.05) is 49.1 Å². The van der Waals surface area contributed by atoms with Gasteiger partial charge < -0.3 is 15.1 Å². The highest BCUT2D eigenvalue weighted by Crippen LogP contribution is 2.26. The van der Waals surface area contributed by atoms with Gasteiger partial charge in [0.1, 0.15) is 0 Å². The Morgan fingerprint density at radius 1 is 0.531 bits per heavy atom. The van der Waals surface area contributed by atoms with Crippen molar-refractivity contribution in [2.24, 2.45) is 0 Å². The predicted molar refractivity (Wildman–Crippen MR) is 142 cm³/mol. The van der Waals surface area contributed by atoms with Gasteiger partial charge in [0.05, 0.1) is 0 Å². The first-order chi connectivity index (χ1) is 15.7. The standard InChI is InChI=1S/C16H24N2.C6H4Cl2.C5H11N/c1-3-10-17(11-4-1)15-8-7-9-16(14-15)18-12-5-2-6-13-18;7-5-2-1-3-6(8)4-5;1-2-4-6-5-3-1/h7-9,14H,1-6,10-13H2;1-4H;6H,1-5H2. The highest BCUT2D eigenvalue weighted by atomic mass is 35.5. The summed E-state index contributed by atoms with van der Waals surface area (Å²) < 4.78 is 0. The zero-order valence-electron chi connectivity index (χ0n) is 19.4. The number of nitrogens with one attached hydrogen (secondary N) is 1. The Hall–Kier alpha value is -1.42. The van der Waals surface area contributed by atoms with E-state index in [0.29, 0.717) is 10.0 Å². The maximum Gasteiger partial charge on any atom is 0.0420 e. The third kappa shape index (κ3) is 9.21. The molecule has 5 heteroatoms. The maximum absolute atomic E-state index is 5.56. The average molecular weight is 477 g/mol. The monoisotopic (exact) mass is 475 g/mol. The molecule has 32 heavy (non-hydrogen) atoms. The number of benzene rings is 2. The second-order valence-corrected chi connectivity index (χ2v) is 9.74. The van der Waals surface area contributed by atoms with Gasteiger partial charge >= 0.3 is 0 Å². The summed E-state index contributed by atoms with van der Waals surface area (Å²) in [7, 11) is 0. The third-order valence-electron chi connectivity index (χ3n) is 6.27. The van der Waals surface area contributed by atoms with Crippen molar-refractivity contribution >= 4 is 34.6 Å². The van der Waals surface area contributed by atoms with Crippen LogP contribution in [0.15, 0.2) is 48.5 Å². The molecule has 3 aliphatic rings. The summed E-state index contributed by atoms with van der Waals surface area (Å²) in [5.74, 6) is 0. The molecule has 1 N–H and O–H groups in total. The van der Waals surface area contributed by atoms with E-state index in [9.17, 15) is 0 Å². The molecule has 3 aliphatic heterocycles. The minimum absolute atomic E-state index is 0.678. The fraction of sp³-hybridized carbons (Fsp3) is 0.556. The average Bonchev–Trinajstić information content (AvgIpc) is 2.87. The summed E-state index contributed by atoms with van der Waals surface area (Å²) >= 11 is 11.1. The van der Waals surface area contributed by atoms with Gasteiger partial charge in [-0.15, -0.1) is 0 Å². The van der Waals surface area contributed by atoms with E-state index in [1.54, 1.807) is 18.2 Å². The van der Waals surface area contributed by atoms with Crippen molar-refractivity contribution in [1.82, 2.24) is 5.32 Å². The van der Waals surface area contributed by atoms with Crippen molar-refractivity contribution in [3.05, 3.63) is 58.6 Å². The van der Waals surface area contributed by atoms with Gasteiger partial charge in [0.25, 0.3) is 0 Å². The van der Waals surface area contributed by atoms with Crippen LogP contribution in [0.2, 0.25) is 10.0 Å². The summed E-state index contributed by atoms with van der Waals surface area (Å²) in [6.45, 7) is 7.46. The molecule has 0 aromatic heterocycles. The quantitative estimate of drug-likeness (QED) is 0.487. The first kappa shape index (κ1) is 25.2. The zero-order valence-corrected chi connectivity index (χ0v) is 20.9. The van der Waals surface area contributed by atoms with Crippen molar-refractivity contribution in [3.8, 4) is 0 Å². The highest BCUT2D eigenvalue weighted by molar-refractivity contribution is 6.34. The van der Waals surface area contributed by atoms with Crippen LogP contribution in [0.1, 0.15) is 57.8 Å². The molecule has 0 amide bonds. The lowest BCUT2D eigenvalue weighted by Crippen LogP contribution is -2.31. The minimum atomic E-state index is 0.678. The van der Waals surface area contributed by atoms with Gasteiger partial charge in [-0.2, -0.15) is 0 Å². The summed E-state index contributed by atoms with van der Waals surface area (Å²) in [6, 6.07) is 16.3. The number of rotatable bonds is 2. The van der Waals surface area contributed by atoms with E-state index in [1.165, 1.54) is 108 Å². The normalized spacial score (nSPS) is 18.7. The lowest BCUT2D eigenvalue weighted by molar-refractivity contribution is 0.520. The topological polar surface area (TPSA) is 18.5 Å². The Kier molecular flexibility index (Phi) is 11.6. The molecule has 0 saturated carbocycles. The zero-order chi connectivity index (χ0) is 22.4. The van der Waals surface area contributed by atoms with Crippen LogP contribution in [0.25, 0.3) is 0 Å². The van der Waals surface area contributed by atoms with Gasteiger partial charge in [0, 0.05) is 47.6 Å². The lowest BCUT2D eigenvalue weighted by Gasteiger charge is -2.32. The molecule has 2 aromatic rings. The first-order valence-electron chi connectivity index (χ1n) is 12.4. The van der Waals surface area contributed by atoms with Gasteiger partial charge in [-0.25, -0.2) is 0 Å². The fourth-order valence-corrected chi connectivity index (χ4v) is 4.89. The number of anilines is 2. The lowest BCUT2D eigenvalue weighted by atomic mass is 10.1. The molecule has 0 unspecified atom stereocenters. The molecule has 0 radical (unpaired) electrons. The number of nitrogens with zero attached hydrogens (tertiary/aromatic N) is 2. The predicted octanol–water partition coefficient (Wildman–Crippen LogP) is 7.42. The van der Waals surface area contributed by atoms with Crippen LogP contribution in [0.4, 0.5) is 11.4 Å². The summed E-state index contributed by atoms with van der Waals surface area (Å²) in [6.07, 6.45) is 12.4. The molecule has 0 bridgehead atoms. The molecule has 2 aromatic carbocycles. The summed E-state index contributed by atoms with van der Waals surface area (Å²) in [4.78, 5) is 5.11. The smallest absolute Gasteiger partial charge is 0.0420 e. The highest BCUT2D eigenvalue weighted by Gasteiger charge is 2.14. The van der Waals surface area contributed by atoms with E-state index in [4.69, 9.17) is 23.2 Å². The second kappa shape index (κ2) is 14.7. The van der Waals surface area contributed by atoms with E-state index in [1.807, 2.05) is 6.07 Å². The molecular formula is C27H39Cl2N3. The molecule has 0 atom stereocenters. The van der Waals surface area contributed by atoms with Crippen LogP contribution in [0.5, 0.6) is 0 Å². The largest absolute Gasteiger partial charge is 0.371 e. The molecule has 3 saturated heterocycles. The Labute approximate surface area is 205 Å².